The summed E-state index contributed by atoms with van der Waals surface area (Å²) in [5, 5.41) is 10.6. The molecule has 4 rings (SSSR count). The van der Waals surface area contributed by atoms with Crippen LogP contribution in [0, 0.1) is 0 Å². The van der Waals surface area contributed by atoms with Crippen LogP contribution < -0.4 is 14.8 Å². The lowest BCUT2D eigenvalue weighted by atomic mass is 10.1. The highest BCUT2D eigenvalue weighted by atomic mass is 31.0. The van der Waals surface area contributed by atoms with Crippen molar-refractivity contribution in [2.75, 3.05) is 0 Å². The van der Waals surface area contributed by atoms with Gasteiger partial charge in [-0.15, -0.1) is 9.24 Å². The number of carboxylic acid groups (broad SMARTS) is 1. The van der Waals surface area contributed by atoms with Crippen LogP contribution in [0.4, 0.5) is 0 Å². The van der Waals surface area contributed by atoms with Gasteiger partial charge in [-0.25, -0.2) is 4.98 Å². The van der Waals surface area contributed by atoms with Crippen molar-refractivity contribution < 1.29 is 24.2 Å². The molecule has 0 bridgehead atoms. The molecule has 1 heterocycles. The number of aromatic nitrogens is 1. The van der Waals surface area contributed by atoms with Gasteiger partial charge in [-0.2, -0.15) is 0 Å². The zero-order valence-corrected chi connectivity index (χ0v) is 19.6. The normalized spacial score (nSPS) is 10.7. The van der Waals surface area contributed by atoms with Gasteiger partial charge < -0.3 is 14.6 Å². The van der Waals surface area contributed by atoms with Gasteiger partial charge in [-0.05, 0) is 48.0 Å². The number of fused-ring (bicyclic) bond motifs is 1. The molecule has 3 aromatic carbocycles. The number of hydrogen-bond acceptors (Lipinski definition) is 5. The van der Waals surface area contributed by atoms with E-state index >= 15 is 0 Å². The molecule has 1 N–H and O–H groups in total. The van der Waals surface area contributed by atoms with Crippen LogP contribution in [0.15, 0.2) is 78.9 Å². The molecule has 0 saturated heterocycles. The summed E-state index contributed by atoms with van der Waals surface area (Å²) in [4.78, 5) is 27.4. The van der Waals surface area contributed by atoms with Gasteiger partial charge in [0.2, 0.25) is 0 Å². The maximum absolute atomic E-state index is 12.1. The van der Waals surface area contributed by atoms with E-state index in [1.165, 1.54) is 0 Å². The molecule has 0 aliphatic rings. The highest BCUT2D eigenvalue weighted by Gasteiger charge is 2.11. The monoisotopic (exact) mass is 473 g/mol. The van der Waals surface area contributed by atoms with E-state index in [9.17, 15) is 9.59 Å². The standard InChI is InChI=1S/C27H24NO5P/c29-24(11-13-27(30)31)20-9-12-25(26(34)15-20)33-16-18-4-3-6-22(14-18)32-17-21-10-8-19-5-1-2-7-23(19)28-21/h1-10,12,14-15H,11,13,16-17,34H2,(H,30,31). The Morgan fingerprint density at radius 1 is 0.853 bits per heavy atom. The number of ether oxygens (including phenoxy) is 2. The SMILES string of the molecule is O=C(O)CCC(=O)c1ccc(OCc2cccc(OCc3ccc4ccccc4n3)c2)c(P)c1. The summed E-state index contributed by atoms with van der Waals surface area (Å²) < 4.78 is 11.9. The van der Waals surface area contributed by atoms with E-state index in [-0.39, 0.29) is 18.6 Å². The quantitative estimate of drug-likeness (QED) is 0.259. The molecule has 0 fully saturated rings. The van der Waals surface area contributed by atoms with Crippen LogP contribution in [0.1, 0.15) is 34.5 Å². The number of nitrogens with zero attached hydrogens (tertiary/aromatic N) is 1. The highest BCUT2D eigenvalue weighted by molar-refractivity contribution is 7.27. The summed E-state index contributed by atoms with van der Waals surface area (Å²) in [5.41, 5.74) is 3.20. The van der Waals surface area contributed by atoms with Crippen molar-refractivity contribution >= 4 is 37.2 Å². The molecule has 1 atom stereocenters. The molecule has 0 saturated carbocycles. The number of benzene rings is 3. The number of carbonyl (C=O) groups excluding carboxylic acids is 1. The highest BCUT2D eigenvalue weighted by Crippen LogP contribution is 2.20. The Kier molecular flexibility index (Phi) is 7.51. The van der Waals surface area contributed by atoms with Crippen LogP contribution in [0.5, 0.6) is 11.5 Å². The predicted molar refractivity (Wildman–Crippen MR) is 134 cm³/mol. The fourth-order valence-electron chi connectivity index (χ4n) is 3.45. The topological polar surface area (TPSA) is 85.7 Å². The molecule has 4 aromatic rings. The zero-order chi connectivity index (χ0) is 23.9. The summed E-state index contributed by atoms with van der Waals surface area (Å²) in [5.74, 6) is 0.163. The third-order valence-electron chi connectivity index (χ3n) is 5.23. The molecule has 7 heteroatoms. The Hall–Kier alpha value is -3.76. The molecule has 0 aliphatic heterocycles. The molecule has 0 spiro atoms. The minimum Gasteiger partial charge on any atom is -0.488 e. The number of carboxylic acids is 1. The second-order valence-corrected chi connectivity index (χ2v) is 8.41. The van der Waals surface area contributed by atoms with E-state index in [4.69, 9.17) is 14.6 Å². The number of aliphatic carboxylic acids is 1. The molecule has 1 unspecified atom stereocenters. The molecule has 1 aromatic heterocycles. The van der Waals surface area contributed by atoms with Crippen molar-refractivity contribution in [2.24, 2.45) is 0 Å². The van der Waals surface area contributed by atoms with E-state index in [0.29, 0.717) is 24.5 Å². The molecule has 34 heavy (non-hydrogen) atoms. The average molecular weight is 473 g/mol. The first-order valence-electron chi connectivity index (χ1n) is 10.8. The third-order valence-corrected chi connectivity index (χ3v) is 5.68. The molecule has 172 valence electrons. The summed E-state index contributed by atoms with van der Waals surface area (Å²) in [6, 6.07) is 24.7. The number of rotatable bonds is 10. The first-order chi connectivity index (χ1) is 16.5. The van der Waals surface area contributed by atoms with Crippen molar-refractivity contribution in [3.63, 3.8) is 0 Å². The zero-order valence-electron chi connectivity index (χ0n) is 18.4. The van der Waals surface area contributed by atoms with Crippen LogP contribution in [0.3, 0.4) is 0 Å². The first kappa shape index (κ1) is 23.4. The smallest absolute Gasteiger partial charge is 0.303 e. The molecule has 6 nitrogen and oxygen atoms in total. The minimum absolute atomic E-state index is 0.0266. The van der Waals surface area contributed by atoms with E-state index in [1.54, 1.807) is 18.2 Å². The molecule has 0 radical (unpaired) electrons. The second-order valence-electron chi connectivity index (χ2n) is 7.79. The van der Waals surface area contributed by atoms with E-state index in [0.717, 1.165) is 33.2 Å². The number of Topliss-reactive ketones (excluding diaryl/α,β-unsaturated/α-hetero) is 1. The Labute approximate surface area is 199 Å². The fourth-order valence-corrected chi connectivity index (χ4v) is 3.81. The number of carbonyl (C=O) groups is 2. The Bertz CT molecular complexity index is 1340. The van der Waals surface area contributed by atoms with Crippen LogP contribution in [0.2, 0.25) is 0 Å². The number of para-hydroxylation sites is 1. The second kappa shape index (κ2) is 10.9. The van der Waals surface area contributed by atoms with Crippen LogP contribution in [0.25, 0.3) is 10.9 Å². The molecular weight excluding hydrogens is 449 g/mol. The van der Waals surface area contributed by atoms with Gasteiger partial charge in [0.1, 0.15) is 24.7 Å². The van der Waals surface area contributed by atoms with Gasteiger partial charge in [0.15, 0.2) is 5.78 Å². The van der Waals surface area contributed by atoms with E-state index in [1.807, 2.05) is 60.7 Å². The van der Waals surface area contributed by atoms with E-state index in [2.05, 4.69) is 14.2 Å². The summed E-state index contributed by atoms with van der Waals surface area (Å²) in [6.45, 7) is 0.696. The Balaban J connectivity index is 1.35. The molecule has 0 aliphatic carbocycles. The van der Waals surface area contributed by atoms with Gasteiger partial charge in [-0.3, -0.25) is 9.59 Å². The van der Waals surface area contributed by atoms with Crippen LogP contribution in [-0.2, 0) is 18.0 Å². The largest absolute Gasteiger partial charge is 0.488 e. The Morgan fingerprint density at radius 2 is 1.71 bits per heavy atom. The lowest BCUT2D eigenvalue weighted by molar-refractivity contribution is -0.136. The third kappa shape index (κ3) is 6.18. The predicted octanol–water partition coefficient (Wildman–Crippen LogP) is 4.94. The van der Waals surface area contributed by atoms with Gasteiger partial charge in [0.25, 0.3) is 0 Å². The molecular formula is C27H24NO5P. The van der Waals surface area contributed by atoms with Crippen molar-refractivity contribution in [2.45, 2.75) is 26.1 Å². The van der Waals surface area contributed by atoms with Crippen molar-refractivity contribution in [1.82, 2.24) is 4.98 Å². The van der Waals surface area contributed by atoms with Gasteiger partial charge in [-0.1, -0.05) is 36.4 Å². The molecule has 0 amide bonds. The number of hydrogen-bond donors (Lipinski definition) is 1. The first-order valence-corrected chi connectivity index (χ1v) is 11.4. The Morgan fingerprint density at radius 3 is 2.53 bits per heavy atom. The summed E-state index contributed by atoms with van der Waals surface area (Å²) in [6.07, 6.45) is -0.209. The lowest BCUT2D eigenvalue weighted by Gasteiger charge is -2.12. The summed E-state index contributed by atoms with van der Waals surface area (Å²) in [7, 11) is 2.56. The summed E-state index contributed by atoms with van der Waals surface area (Å²) >= 11 is 0. The average Bonchev–Trinajstić information content (AvgIpc) is 2.85. The van der Waals surface area contributed by atoms with Crippen molar-refractivity contribution in [3.8, 4) is 11.5 Å². The number of ketones is 1. The van der Waals surface area contributed by atoms with E-state index < -0.39 is 5.97 Å². The fraction of sp³-hybridized carbons (Fsp3) is 0.148. The van der Waals surface area contributed by atoms with Gasteiger partial charge in [0.05, 0.1) is 17.6 Å². The van der Waals surface area contributed by atoms with Crippen LogP contribution >= 0.6 is 9.24 Å². The van der Waals surface area contributed by atoms with Crippen molar-refractivity contribution in [1.29, 1.82) is 0 Å². The van der Waals surface area contributed by atoms with Gasteiger partial charge >= 0.3 is 5.97 Å². The number of pyridine rings is 1. The van der Waals surface area contributed by atoms with Gasteiger partial charge in [0, 0.05) is 22.7 Å². The van der Waals surface area contributed by atoms with Crippen molar-refractivity contribution in [3.05, 3.63) is 95.7 Å². The maximum Gasteiger partial charge on any atom is 0.303 e. The minimum atomic E-state index is -0.987. The maximum atomic E-state index is 12.1. The lowest BCUT2D eigenvalue weighted by Crippen LogP contribution is -2.08. The van der Waals surface area contributed by atoms with Crippen LogP contribution in [-0.4, -0.2) is 21.8 Å².